The van der Waals surface area contributed by atoms with Gasteiger partial charge in [-0.2, -0.15) is 0 Å². The SMILES string of the molecule is CCC1CN(C(C)c2cc(C)oc2C)CCC1N. The standard InChI is InChI=1S/C15H26N2O/c1-5-13-9-17(7-6-15(13)16)11(3)14-8-10(2)18-12(14)4/h8,11,13,15H,5-7,9,16H2,1-4H3. The highest BCUT2D eigenvalue weighted by atomic mass is 16.3. The Bertz CT molecular complexity index is 399. The molecule has 0 aliphatic carbocycles. The van der Waals surface area contributed by atoms with Crippen LogP contribution < -0.4 is 5.73 Å². The summed E-state index contributed by atoms with van der Waals surface area (Å²) in [4.78, 5) is 2.55. The quantitative estimate of drug-likeness (QED) is 0.896. The van der Waals surface area contributed by atoms with Crippen LogP contribution in [0.3, 0.4) is 0 Å². The molecule has 2 heterocycles. The van der Waals surface area contributed by atoms with Crippen molar-refractivity contribution in [1.29, 1.82) is 0 Å². The van der Waals surface area contributed by atoms with E-state index < -0.39 is 0 Å². The molecule has 3 unspecified atom stereocenters. The van der Waals surface area contributed by atoms with Gasteiger partial charge in [0.25, 0.3) is 0 Å². The molecule has 0 saturated carbocycles. The van der Waals surface area contributed by atoms with Gasteiger partial charge in [-0.3, -0.25) is 4.90 Å². The Balaban J connectivity index is 2.10. The Kier molecular flexibility index (Phi) is 4.13. The van der Waals surface area contributed by atoms with Crippen molar-refractivity contribution in [1.82, 2.24) is 4.90 Å². The van der Waals surface area contributed by atoms with Gasteiger partial charge in [-0.1, -0.05) is 13.3 Å². The van der Waals surface area contributed by atoms with Crippen molar-refractivity contribution in [3.8, 4) is 0 Å². The van der Waals surface area contributed by atoms with E-state index in [-0.39, 0.29) is 0 Å². The van der Waals surface area contributed by atoms with E-state index in [1.807, 2.05) is 6.92 Å². The summed E-state index contributed by atoms with van der Waals surface area (Å²) in [5, 5.41) is 0. The van der Waals surface area contributed by atoms with E-state index in [1.54, 1.807) is 0 Å². The molecule has 1 saturated heterocycles. The molecule has 0 radical (unpaired) electrons. The zero-order chi connectivity index (χ0) is 13.3. The number of hydrogen-bond donors (Lipinski definition) is 1. The molecule has 2 rings (SSSR count). The second-order valence-electron chi connectivity index (χ2n) is 5.66. The summed E-state index contributed by atoms with van der Waals surface area (Å²) in [5.74, 6) is 2.70. The Labute approximate surface area is 110 Å². The Morgan fingerprint density at radius 2 is 2.22 bits per heavy atom. The first-order valence-corrected chi connectivity index (χ1v) is 7.09. The number of likely N-dealkylation sites (tertiary alicyclic amines) is 1. The minimum Gasteiger partial charge on any atom is -0.466 e. The van der Waals surface area contributed by atoms with Crippen LogP contribution in [0.2, 0.25) is 0 Å². The third kappa shape index (κ3) is 2.62. The molecule has 1 aliphatic rings. The largest absolute Gasteiger partial charge is 0.466 e. The highest BCUT2D eigenvalue weighted by Gasteiger charge is 2.29. The number of aryl methyl sites for hydroxylation is 2. The molecule has 1 fully saturated rings. The van der Waals surface area contributed by atoms with Gasteiger partial charge in [0.1, 0.15) is 11.5 Å². The number of nitrogens with zero attached hydrogens (tertiary/aromatic N) is 1. The number of furan rings is 1. The Morgan fingerprint density at radius 3 is 2.78 bits per heavy atom. The van der Waals surface area contributed by atoms with Gasteiger partial charge in [0.2, 0.25) is 0 Å². The van der Waals surface area contributed by atoms with E-state index in [2.05, 4.69) is 31.7 Å². The molecular weight excluding hydrogens is 224 g/mol. The van der Waals surface area contributed by atoms with E-state index in [1.165, 1.54) is 12.0 Å². The molecule has 18 heavy (non-hydrogen) atoms. The molecule has 1 aromatic heterocycles. The van der Waals surface area contributed by atoms with E-state index >= 15 is 0 Å². The first-order chi connectivity index (χ1) is 8.52. The average Bonchev–Trinajstić information content (AvgIpc) is 2.68. The second kappa shape index (κ2) is 5.45. The van der Waals surface area contributed by atoms with E-state index in [0.29, 0.717) is 18.0 Å². The molecule has 2 N–H and O–H groups in total. The molecule has 0 spiro atoms. The molecule has 3 heteroatoms. The lowest BCUT2D eigenvalue weighted by molar-refractivity contribution is 0.113. The zero-order valence-electron chi connectivity index (χ0n) is 12.1. The minimum atomic E-state index is 0.380. The molecule has 1 aliphatic heterocycles. The predicted molar refractivity (Wildman–Crippen MR) is 74.5 cm³/mol. The normalized spacial score (nSPS) is 27.4. The fourth-order valence-electron chi connectivity index (χ4n) is 3.12. The van der Waals surface area contributed by atoms with Crippen molar-refractivity contribution in [2.45, 2.75) is 52.6 Å². The van der Waals surface area contributed by atoms with Gasteiger partial charge in [-0.15, -0.1) is 0 Å². The van der Waals surface area contributed by atoms with Crippen LogP contribution in [0.5, 0.6) is 0 Å². The summed E-state index contributed by atoms with van der Waals surface area (Å²) in [6.45, 7) is 10.8. The fourth-order valence-corrected chi connectivity index (χ4v) is 3.12. The van der Waals surface area contributed by atoms with E-state index in [9.17, 15) is 0 Å². The molecule has 3 atom stereocenters. The first kappa shape index (κ1) is 13.6. The average molecular weight is 250 g/mol. The number of rotatable bonds is 3. The molecule has 102 valence electrons. The van der Waals surface area contributed by atoms with Crippen molar-refractivity contribution in [2.75, 3.05) is 13.1 Å². The van der Waals surface area contributed by atoms with Gasteiger partial charge in [0.05, 0.1) is 0 Å². The highest BCUT2D eigenvalue weighted by molar-refractivity contribution is 5.23. The van der Waals surface area contributed by atoms with Gasteiger partial charge in [0, 0.05) is 30.7 Å². The van der Waals surface area contributed by atoms with Crippen LogP contribution in [0, 0.1) is 19.8 Å². The van der Waals surface area contributed by atoms with Gasteiger partial charge in [-0.05, 0) is 39.2 Å². The Morgan fingerprint density at radius 1 is 1.50 bits per heavy atom. The maximum Gasteiger partial charge on any atom is 0.105 e. The second-order valence-corrected chi connectivity index (χ2v) is 5.66. The van der Waals surface area contributed by atoms with Crippen LogP contribution in [0.25, 0.3) is 0 Å². The van der Waals surface area contributed by atoms with Gasteiger partial charge >= 0.3 is 0 Å². The van der Waals surface area contributed by atoms with Crippen LogP contribution in [0.15, 0.2) is 10.5 Å². The fraction of sp³-hybridized carbons (Fsp3) is 0.733. The molecular formula is C15H26N2O. The van der Waals surface area contributed by atoms with Crippen LogP contribution in [-0.4, -0.2) is 24.0 Å². The summed E-state index contributed by atoms with van der Waals surface area (Å²) in [7, 11) is 0. The number of hydrogen-bond acceptors (Lipinski definition) is 3. The first-order valence-electron chi connectivity index (χ1n) is 7.09. The van der Waals surface area contributed by atoms with Crippen LogP contribution in [-0.2, 0) is 0 Å². The minimum absolute atomic E-state index is 0.380. The summed E-state index contributed by atoms with van der Waals surface area (Å²) in [6, 6.07) is 2.99. The highest BCUT2D eigenvalue weighted by Crippen LogP contribution is 2.30. The maximum atomic E-state index is 6.18. The molecule has 0 bridgehead atoms. The lowest BCUT2D eigenvalue weighted by atomic mass is 9.89. The summed E-state index contributed by atoms with van der Waals surface area (Å²) >= 11 is 0. The van der Waals surface area contributed by atoms with Gasteiger partial charge in [-0.25, -0.2) is 0 Å². The monoisotopic (exact) mass is 250 g/mol. The summed E-state index contributed by atoms with van der Waals surface area (Å²) in [6.07, 6.45) is 2.28. The maximum absolute atomic E-state index is 6.18. The number of piperidine rings is 1. The smallest absolute Gasteiger partial charge is 0.105 e. The van der Waals surface area contributed by atoms with Gasteiger partial charge in [0.15, 0.2) is 0 Å². The number of nitrogens with two attached hydrogens (primary N) is 1. The summed E-state index contributed by atoms with van der Waals surface area (Å²) in [5.41, 5.74) is 7.51. The van der Waals surface area contributed by atoms with Crippen molar-refractivity contribution < 1.29 is 4.42 Å². The third-order valence-corrected chi connectivity index (χ3v) is 4.43. The van der Waals surface area contributed by atoms with Gasteiger partial charge < -0.3 is 10.2 Å². The Hall–Kier alpha value is -0.800. The van der Waals surface area contributed by atoms with Crippen molar-refractivity contribution in [3.05, 3.63) is 23.2 Å². The van der Waals surface area contributed by atoms with Crippen molar-refractivity contribution in [3.63, 3.8) is 0 Å². The lowest BCUT2D eigenvalue weighted by Gasteiger charge is -2.39. The third-order valence-electron chi connectivity index (χ3n) is 4.43. The molecule has 1 aromatic rings. The predicted octanol–water partition coefficient (Wildman–Crippen LogP) is 3.02. The summed E-state index contributed by atoms with van der Waals surface area (Å²) < 4.78 is 5.65. The van der Waals surface area contributed by atoms with Crippen molar-refractivity contribution in [2.24, 2.45) is 11.7 Å². The molecule has 0 aromatic carbocycles. The topological polar surface area (TPSA) is 42.4 Å². The molecule has 3 nitrogen and oxygen atoms in total. The zero-order valence-corrected chi connectivity index (χ0v) is 12.1. The van der Waals surface area contributed by atoms with Crippen LogP contribution in [0.1, 0.15) is 49.8 Å². The van der Waals surface area contributed by atoms with E-state index in [4.69, 9.17) is 10.2 Å². The van der Waals surface area contributed by atoms with Crippen molar-refractivity contribution >= 4 is 0 Å². The lowest BCUT2D eigenvalue weighted by Crippen LogP contribution is -2.47. The molecule has 0 amide bonds. The van der Waals surface area contributed by atoms with Crippen LogP contribution in [0.4, 0.5) is 0 Å². The van der Waals surface area contributed by atoms with Crippen LogP contribution >= 0.6 is 0 Å². The van der Waals surface area contributed by atoms with E-state index in [0.717, 1.165) is 31.0 Å².